The lowest BCUT2D eigenvalue weighted by atomic mass is 10.1. The van der Waals surface area contributed by atoms with Gasteiger partial charge in [-0.3, -0.25) is 9.69 Å². The third-order valence-electron chi connectivity index (χ3n) is 4.99. The van der Waals surface area contributed by atoms with Gasteiger partial charge in [0.15, 0.2) is 0 Å². The van der Waals surface area contributed by atoms with Gasteiger partial charge in [-0.1, -0.05) is 49.4 Å². The quantitative estimate of drug-likeness (QED) is 0.207. The van der Waals surface area contributed by atoms with Gasteiger partial charge in [0.25, 0.3) is 5.91 Å². The molecule has 5 nitrogen and oxygen atoms in total. The fourth-order valence-electron chi connectivity index (χ4n) is 3.53. The Morgan fingerprint density at radius 2 is 1.74 bits per heavy atom. The van der Waals surface area contributed by atoms with Gasteiger partial charge in [-0.15, -0.1) is 0 Å². The number of ether oxygens (including phenoxy) is 1. The molecule has 4 rings (SSSR count). The maximum Gasteiger partial charge on any atom is 0.329 e. The molecule has 7 heteroatoms. The van der Waals surface area contributed by atoms with E-state index in [0.717, 1.165) is 30.4 Å². The van der Waals surface area contributed by atoms with Crippen LogP contribution in [-0.4, -0.2) is 23.4 Å². The Labute approximate surface area is 208 Å². The fraction of sp³-hybridized carbons (Fsp3) is 0.167. The van der Waals surface area contributed by atoms with Crippen molar-refractivity contribution in [3.63, 3.8) is 0 Å². The van der Waals surface area contributed by atoms with E-state index in [9.17, 15) is 9.59 Å². The Morgan fingerprint density at radius 3 is 2.48 bits per heavy atom. The molecule has 1 aliphatic heterocycles. The highest BCUT2D eigenvalue weighted by molar-refractivity contribution is 14.1. The van der Waals surface area contributed by atoms with Crippen molar-refractivity contribution in [2.75, 3.05) is 6.54 Å². The number of benzene rings is 3. The maximum absolute atomic E-state index is 12.5. The predicted octanol–water partition coefficient (Wildman–Crippen LogP) is 5.93. The van der Waals surface area contributed by atoms with Gasteiger partial charge < -0.3 is 10.1 Å². The highest BCUT2D eigenvalue weighted by Gasteiger charge is 2.32. The number of imide groups is 1. The molecule has 1 heterocycles. The van der Waals surface area contributed by atoms with Gasteiger partial charge in [0.1, 0.15) is 18.1 Å². The molecule has 1 fully saturated rings. The molecule has 1 saturated heterocycles. The van der Waals surface area contributed by atoms with E-state index in [1.165, 1.54) is 15.7 Å². The van der Waals surface area contributed by atoms with E-state index in [1.807, 2.05) is 37.3 Å². The van der Waals surface area contributed by atoms with Crippen LogP contribution >= 0.6 is 45.2 Å². The van der Waals surface area contributed by atoms with E-state index in [4.69, 9.17) is 4.74 Å². The standard InChI is InChI=1S/C24H20I2N2O3/c1-2-10-28-23(29)21(27-24(28)30)13-15-11-19(25)22(20(26)12-15)31-14-17-8-5-7-16-6-3-4-9-18(16)17/h3-9,11-13H,2,10,14H2,1H3,(H,27,30)/b21-13+. The molecule has 3 aromatic rings. The Bertz CT molecular complexity index is 1180. The molecule has 0 unspecified atom stereocenters. The van der Waals surface area contributed by atoms with Crippen molar-refractivity contribution in [1.82, 2.24) is 10.2 Å². The summed E-state index contributed by atoms with van der Waals surface area (Å²) in [5.74, 6) is 0.527. The van der Waals surface area contributed by atoms with Crippen LogP contribution in [0.25, 0.3) is 16.8 Å². The van der Waals surface area contributed by atoms with Crippen LogP contribution in [0.4, 0.5) is 4.79 Å². The van der Waals surface area contributed by atoms with Crippen LogP contribution in [0.15, 0.2) is 60.3 Å². The van der Waals surface area contributed by atoms with Gasteiger partial charge >= 0.3 is 6.03 Å². The lowest BCUT2D eigenvalue weighted by Crippen LogP contribution is -2.31. The molecule has 0 bridgehead atoms. The lowest BCUT2D eigenvalue weighted by Gasteiger charge is -2.13. The molecule has 158 valence electrons. The Balaban J connectivity index is 1.55. The first kappa shape index (κ1) is 22.1. The van der Waals surface area contributed by atoms with Crippen LogP contribution in [0.2, 0.25) is 0 Å². The summed E-state index contributed by atoms with van der Waals surface area (Å²) in [4.78, 5) is 25.7. The van der Waals surface area contributed by atoms with Crippen molar-refractivity contribution in [1.29, 1.82) is 0 Å². The number of amides is 3. The Morgan fingerprint density at radius 1 is 1.03 bits per heavy atom. The molecule has 1 aliphatic rings. The minimum atomic E-state index is -0.363. The smallest absolute Gasteiger partial charge is 0.329 e. The number of rotatable bonds is 6. The van der Waals surface area contributed by atoms with Gasteiger partial charge in [0, 0.05) is 6.54 Å². The molecular formula is C24H20I2N2O3. The van der Waals surface area contributed by atoms with Crippen LogP contribution in [-0.2, 0) is 11.4 Å². The normalized spacial score (nSPS) is 15.1. The zero-order valence-electron chi connectivity index (χ0n) is 16.8. The zero-order valence-corrected chi connectivity index (χ0v) is 21.1. The number of nitrogens with one attached hydrogen (secondary N) is 1. The molecular weight excluding hydrogens is 618 g/mol. The largest absolute Gasteiger partial charge is 0.487 e. The SMILES string of the molecule is CCCN1C(=O)N/C(=C/c2cc(I)c(OCc3cccc4ccccc34)c(I)c2)C1=O. The summed E-state index contributed by atoms with van der Waals surface area (Å²) in [6, 6.07) is 18.0. The van der Waals surface area contributed by atoms with Crippen LogP contribution in [0.3, 0.4) is 0 Å². The van der Waals surface area contributed by atoms with Crippen molar-refractivity contribution >= 4 is 74.0 Å². The number of fused-ring (bicyclic) bond motifs is 1. The highest BCUT2D eigenvalue weighted by atomic mass is 127. The average Bonchev–Trinajstić information content (AvgIpc) is 3.01. The summed E-state index contributed by atoms with van der Waals surface area (Å²) < 4.78 is 8.08. The van der Waals surface area contributed by atoms with Crippen LogP contribution < -0.4 is 10.1 Å². The molecule has 0 aromatic heterocycles. The van der Waals surface area contributed by atoms with E-state index in [-0.39, 0.29) is 11.9 Å². The Kier molecular flexibility index (Phi) is 6.80. The van der Waals surface area contributed by atoms with Crippen LogP contribution in [0, 0.1) is 7.14 Å². The summed E-state index contributed by atoms with van der Waals surface area (Å²) in [6.45, 7) is 2.82. The minimum Gasteiger partial charge on any atom is -0.487 e. The predicted molar refractivity (Wildman–Crippen MR) is 139 cm³/mol. The maximum atomic E-state index is 12.5. The third kappa shape index (κ3) is 4.72. The molecule has 0 spiro atoms. The van der Waals surface area contributed by atoms with Crippen molar-refractivity contribution < 1.29 is 14.3 Å². The molecule has 3 aromatic carbocycles. The number of carbonyl (C=O) groups is 2. The van der Waals surface area contributed by atoms with Crippen LogP contribution in [0.5, 0.6) is 5.75 Å². The molecule has 3 amide bonds. The summed E-state index contributed by atoms with van der Waals surface area (Å²) in [6.07, 6.45) is 2.44. The molecule has 0 saturated carbocycles. The lowest BCUT2D eigenvalue weighted by molar-refractivity contribution is -0.122. The molecule has 31 heavy (non-hydrogen) atoms. The van der Waals surface area contributed by atoms with Gasteiger partial charge in [0.2, 0.25) is 0 Å². The van der Waals surface area contributed by atoms with Crippen LogP contribution in [0.1, 0.15) is 24.5 Å². The highest BCUT2D eigenvalue weighted by Crippen LogP contribution is 2.31. The molecule has 1 N–H and O–H groups in total. The zero-order chi connectivity index (χ0) is 22.0. The molecule has 0 aliphatic carbocycles. The third-order valence-corrected chi connectivity index (χ3v) is 6.60. The first-order valence-corrected chi connectivity index (χ1v) is 12.1. The Hall–Kier alpha value is -2.14. The van der Waals surface area contributed by atoms with Crippen molar-refractivity contribution in [2.24, 2.45) is 0 Å². The molecule has 0 atom stereocenters. The first-order valence-electron chi connectivity index (χ1n) is 9.91. The van der Waals surface area contributed by atoms with Gasteiger partial charge in [-0.25, -0.2) is 4.79 Å². The van der Waals surface area contributed by atoms with E-state index < -0.39 is 0 Å². The van der Waals surface area contributed by atoms with Gasteiger partial charge in [-0.05, 0) is 91.7 Å². The number of nitrogens with zero attached hydrogens (tertiary/aromatic N) is 1. The van der Waals surface area contributed by atoms with E-state index in [2.05, 4.69) is 74.8 Å². The van der Waals surface area contributed by atoms with Gasteiger partial charge in [0.05, 0.1) is 7.14 Å². The van der Waals surface area contributed by atoms with Crippen molar-refractivity contribution in [2.45, 2.75) is 20.0 Å². The number of hydrogen-bond acceptors (Lipinski definition) is 3. The average molecular weight is 638 g/mol. The number of hydrogen-bond donors (Lipinski definition) is 1. The fourth-order valence-corrected chi connectivity index (χ4v) is 5.66. The summed E-state index contributed by atoms with van der Waals surface area (Å²) in [5.41, 5.74) is 2.27. The monoisotopic (exact) mass is 638 g/mol. The number of carbonyl (C=O) groups excluding carboxylic acids is 2. The summed E-state index contributed by atoms with van der Waals surface area (Å²) in [5, 5.41) is 5.04. The second-order valence-corrected chi connectivity index (χ2v) is 9.51. The molecule has 0 radical (unpaired) electrons. The minimum absolute atomic E-state index is 0.284. The topological polar surface area (TPSA) is 58.6 Å². The number of halogens is 2. The first-order chi connectivity index (χ1) is 15.0. The van der Waals surface area contributed by atoms with E-state index >= 15 is 0 Å². The van der Waals surface area contributed by atoms with Crippen molar-refractivity contribution in [3.8, 4) is 5.75 Å². The second-order valence-electron chi connectivity index (χ2n) is 7.19. The summed E-state index contributed by atoms with van der Waals surface area (Å²) >= 11 is 4.49. The summed E-state index contributed by atoms with van der Waals surface area (Å²) in [7, 11) is 0. The van der Waals surface area contributed by atoms with E-state index in [0.29, 0.717) is 18.8 Å². The number of urea groups is 1. The van der Waals surface area contributed by atoms with Crippen molar-refractivity contribution in [3.05, 3.63) is 78.6 Å². The second kappa shape index (κ2) is 9.56. The van der Waals surface area contributed by atoms with Gasteiger partial charge in [-0.2, -0.15) is 0 Å². The van der Waals surface area contributed by atoms with E-state index in [1.54, 1.807) is 6.08 Å².